The largest absolute Gasteiger partial charge is 0.462 e. The van der Waals surface area contributed by atoms with Gasteiger partial charge in [-0.05, 0) is 135 Å². The highest BCUT2D eigenvalue weighted by Crippen LogP contribution is 2.15. The van der Waals surface area contributed by atoms with Crippen LogP contribution in [0, 0.1) is 0 Å². The molecule has 0 aromatic heterocycles. The maximum absolute atomic E-state index is 12.9. The molecule has 0 aliphatic heterocycles. The van der Waals surface area contributed by atoms with E-state index in [1.54, 1.807) is 0 Å². The molecular weight excluding hydrogens is 973 g/mol. The maximum Gasteiger partial charge on any atom is 0.306 e. The van der Waals surface area contributed by atoms with Crippen LogP contribution in [0.15, 0.2) is 134 Å². The first-order valence-electron chi connectivity index (χ1n) is 32.7. The van der Waals surface area contributed by atoms with Crippen molar-refractivity contribution >= 4 is 17.9 Å². The first-order chi connectivity index (χ1) is 39.0. The quantitative estimate of drug-likeness (QED) is 0.0261. The van der Waals surface area contributed by atoms with Gasteiger partial charge in [0.05, 0.1) is 0 Å². The number of carbonyl (C=O) groups excluding carboxylic acids is 3. The SMILES string of the molecule is CC/C=C\C/C=C\C/C=C\C/C=C\C/C=C\CCCCCCCCCC(=O)OCC(COC(=O)CCCCCCCCC/C=C\C/C=C\C/C=C\CC)OC(=O)CCCCCCCC/C=C\C/C=C\C/C=C\CCCCCCC. The molecule has 0 saturated heterocycles. The Morgan fingerprint density at radius 1 is 0.266 bits per heavy atom. The van der Waals surface area contributed by atoms with E-state index in [-0.39, 0.29) is 31.1 Å². The average molecular weight is 1090 g/mol. The first-order valence-corrected chi connectivity index (χ1v) is 32.7. The molecule has 79 heavy (non-hydrogen) atoms. The molecule has 6 nitrogen and oxygen atoms in total. The summed E-state index contributed by atoms with van der Waals surface area (Å²) in [6.07, 6.45) is 93.0. The van der Waals surface area contributed by atoms with Crippen LogP contribution in [0.4, 0.5) is 0 Å². The van der Waals surface area contributed by atoms with Gasteiger partial charge in [0, 0.05) is 19.3 Å². The molecule has 448 valence electrons. The summed E-state index contributed by atoms with van der Waals surface area (Å²) in [6.45, 7) is 6.39. The lowest BCUT2D eigenvalue weighted by Gasteiger charge is -2.18. The molecule has 0 radical (unpaired) electrons. The normalized spacial score (nSPS) is 13.0. The van der Waals surface area contributed by atoms with Gasteiger partial charge in [-0.1, -0.05) is 270 Å². The summed E-state index contributed by atoms with van der Waals surface area (Å²) >= 11 is 0. The summed E-state index contributed by atoms with van der Waals surface area (Å²) in [7, 11) is 0. The standard InChI is InChI=1S/C73H120O6/c1-4-7-10-13-16-19-22-25-28-31-33-35-36-38-39-42-45-48-51-54-57-60-63-66-72(75)78-69-70(68-77-71(74)65-62-59-56-53-50-47-44-41-30-27-24-21-18-15-12-9-6-3)79-73(76)67-64-61-58-55-52-49-46-43-40-37-34-32-29-26-23-20-17-14-11-8-5-2/h7,9-10,12,16,18-19,21,23,25-28,30,32-35,38-40,43,70H,4-6,8,11,13-15,17,20,22,24,29,31,36-37,41-42,44-69H2,1-3H3/b10-7-,12-9-,19-16-,21-18-,26-23-,28-25-,30-27-,34-32-,35-33-,39-38-,43-40-. The third-order valence-electron chi connectivity index (χ3n) is 13.6. The Morgan fingerprint density at radius 2 is 0.494 bits per heavy atom. The van der Waals surface area contributed by atoms with Crippen LogP contribution in [-0.4, -0.2) is 37.2 Å². The second kappa shape index (κ2) is 66.1. The zero-order chi connectivity index (χ0) is 57.1. The van der Waals surface area contributed by atoms with Crippen LogP contribution in [0.3, 0.4) is 0 Å². The molecule has 0 bridgehead atoms. The highest BCUT2D eigenvalue weighted by molar-refractivity contribution is 5.71. The molecule has 0 spiro atoms. The van der Waals surface area contributed by atoms with Gasteiger partial charge in [-0.2, -0.15) is 0 Å². The molecule has 1 unspecified atom stereocenters. The molecule has 1 atom stereocenters. The summed E-state index contributed by atoms with van der Waals surface area (Å²) in [5, 5.41) is 0. The third-order valence-corrected chi connectivity index (χ3v) is 13.6. The number of carbonyl (C=O) groups is 3. The minimum atomic E-state index is -0.801. The van der Waals surface area contributed by atoms with Crippen LogP contribution < -0.4 is 0 Å². The second-order valence-electron chi connectivity index (χ2n) is 21.3. The fraction of sp³-hybridized carbons (Fsp3) is 0.658. The van der Waals surface area contributed by atoms with E-state index in [0.29, 0.717) is 19.3 Å². The van der Waals surface area contributed by atoms with Crippen LogP contribution in [0.5, 0.6) is 0 Å². The van der Waals surface area contributed by atoms with Crippen LogP contribution in [0.25, 0.3) is 0 Å². The molecule has 0 heterocycles. The van der Waals surface area contributed by atoms with E-state index < -0.39 is 6.10 Å². The van der Waals surface area contributed by atoms with E-state index in [9.17, 15) is 14.4 Å². The number of ether oxygens (including phenoxy) is 3. The molecule has 0 aliphatic carbocycles. The molecule has 0 N–H and O–H groups in total. The lowest BCUT2D eigenvalue weighted by atomic mass is 10.1. The van der Waals surface area contributed by atoms with Crippen molar-refractivity contribution in [2.75, 3.05) is 13.2 Å². The smallest absolute Gasteiger partial charge is 0.306 e. The number of allylic oxidation sites excluding steroid dienone is 22. The van der Waals surface area contributed by atoms with Gasteiger partial charge in [-0.3, -0.25) is 14.4 Å². The van der Waals surface area contributed by atoms with Crippen molar-refractivity contribution < 1.29 is 28.6 Å². The summed E-state index contributed by atoms with van der Waals surface area (Å²) < 4.78 is 16.9. The van der Waals surface area contributed by atoms with Crippen LogP contribution in [0.1, 0.15) is 290 Å². The molecule has 0 aromatic rings. The number of unbranched alkanes of at least 4 members (excludes halogenated alkanes) is 25. The first kappa shape index (κ1) is 74.5. The van der Waals surface area contributed by atoms with E-state index in [4.69, 9.17) is 14.2 Å². The van der Waals surface area contributed by atoms with E-state index in [2.05, 4.69) is 154 Å². The summed E-state index contributed by atoms with van der Waals surface area (Å²) in [4.78, 5) is 38.4. The zero-order valence-corrected chi connectivity index (χ0v) is 51.3. The Hall–Kier alpha value is -4.45. The van der Waals surface area contributed by atoms with E-state index in [1.807, 2.05) is 0 Å². The van der Waals surface area contributed by atoms with Crippen molar-refractivity contribution in [1.82, 2.24) is 0 Å². The monoisotopic (exact) mass is 1090 g/mol. The fourth-order valence-corrected chi connectivity index (χ4v) is 8.79. The van der Waals surface area contributed by atoms with Crippen molar-refractivity contribution in [2.45, 2.75) is 297 Å². The lowest BCUT2D eigenvalue weighted by Crippen LogP contribution is -2.30. The Kier molecular flexibility index (Phi) is 62.3. The van der Waals surface area contributed by atoms with Crippen molar-refractivity contribution in [2.24, 2.45) is 0 Å². The minimum Gasteiger partial charge on any atom is -0.462 e. The van der Waals surface area contributed by atoms with Gasteiger partial charge < -0.3 is 14.2 Å². The molecule has 0 fully saturated rings. The van der Waals surface area contributed by atoms with E-state index in [0.717, 1.165) is 148 Å². The summed E-state index contributed by atoms with van der Waals surface area (Å²) in [5.74, 6) is -0.925. The van der Waals surface area contributed by atoms with Crippen molar-refractivity contribution in [1.29, 1.82) is 0 Å². The van der Waals surface area contributed by atoms with E-state index >= 15 is 0 Å². The van der Waals surface area contributed by atoms with Gasteiger partial charge in [-0.25, -0.2) is 0 Å². The van der Waals surface area contributed by atoms with E-state index in [1.165, 1.54) is 103 Å². The highest BCUT2D eigenvalue weighted by Gasteiger charge is 2.19. The average Bonchev–Trinajstić information content (AvgIpc) is 3.45. The number of rotatable bonds is 58. The molecule has 0 rings (SSSR count). The van der Waals surface area contributed by atoms with Crippen LogP contribution >= 0.6 is 0 Å². The number of hydrogen-bond acceptors (Lipinski definition) is 6. The zero-order valence-electron chi connectivity index (χ0n) is 51.3. The third kappa shape index (κ3) is 64.3. The van der Waals surface area contributed by atoms with Crippen molar-refractivity contribution in [3.63, 3.8) is 0 Å². The Morgan fingerprint density at radius 3 is 0.772 bits per heavy atom. The lowest BCUT2D eigenvalue weighted by molar-refractivity contribution is -0.167. The van der Waals surface area contributed by atoms with Gasteiger partial charge in [0.25, 0.3) is 0 Å². The number of hydrogen-bond donors (Lipinski definition) is 0. The van der Waals surface area contributed by atoms with Crippen molar-refractivity contribution in [3.8, 4) is 0 Å². The number of esters is 3. The van der Waals surface area contributed by atoms with Gasteiger partial charge in [0.2, 0.25) is 0 Å². The summed E-state index contributed by atoms with van der Waals surface area (Å²) in [5.41, 5.74) is 0. The minimum absolute atomic E-state index is 0.0959. The van der Waals surface area contributed by atoms with Crippen molar-refractivity contribution in [3.05, 3.63) is 134 Å². The van der Waals surface area contributed by atoms with Crippen LogP contribution in [0.2, 0.25) is 0 Å². The Balaban J connectivity index is 4.46. The Labute approximate surface area is 487 Å². The highest BCUT2D eigenvalue weighted by atomic mass is 16.6. The Bertz CT molecular complexity index is 1680. The fourth-order valence-electron chi connectivity index (χ4n) is 8.79. The van der Waals surface area contributed by atoms with Gasteiger partial charge in [-0.15, -0.1) is 0 Å². The predicted molar refractivity (Wildman–Crippen MR) is 343 cm³/mol. The molecule has 0 saturated carbocycles. The molecular formula is C73H120O6. The second-order valence-corrected chi connectivity index (χ2v) is 21.3. The van der Waals surface area contributed by atoms with Gasteiger partial charge in [0.1, 0.15) is 13.2 Å². The molecule has 6 heteroatoms. The summed E-state index contributed by atoms with van der Waals surface area (Å²) in [6, 6.07) is 0. The maximum atomic E-state index is 12.9. The van der Waals surface area contributed by atoms with Gasteiger partial charge in [0.15, 0.2) is 6.10 Å². The molecule has 0 aromatic carbocycles. The predicted octanol–water partition coefficient (Wildman–Crippen LogP) is 22.5. The van der Waals surface area contributed by atoms with Gasteiger partial charge >= 0.3 is 17.9 Å². The van der Waals surface area contributed by atoms with Crippen LogP contribution in [-0.2, 0) is 28.6 Å². The topological polar surface area (TPSA) is 78.9 Å². The molecule has 0 amide bonds. The molecule has 0 aliphatic rings.